The highest BCUT2D eigenvalue weighted by Crippen LogP contribution is 2.19. The van der Waals surface area contributed by atoms with Crippen LogP contribution in [-0.2, 0) is 14.6 Å². The van der Waals surface area contributed by atoms with Crippen LogP contribution in [-0.4, -0.2) is 54.8 Å². The molecule has 1 amide bonds. The minimum absolute atomic E-state index is 0.00981. The van der Waals surface area contributed by atoms with Crippen molar-refractivity contribution in [1.29, 1.82) is 0 Å². The molecule has 0 N–H and O–H groups in total. The Labute approximate surface area is 134 Å². The van der Waals surface area contributed by atoms with Crippen LogP contribution in [0.5, 0.6) is 5.75 Å². The van der Waals surface area contributed by atoms with Crippen LogP contribution in [0.1, 0.15) is 13.3 Å². The van der Waals surface area contributed by atoms with Gasteiger partial charge in [0.05, 0.1) is 16.4 Å². The molecule has 126 valence electrons. The Balaban J connectivity index is 1.93. The summed E-state index contributed by atoms with van der Waals surface area (Å²) in [6.07, 6.45) is 0.444. The zero-order chi connectivity index (χ0) is 17.0. The van der Waals surface area contributed by atoms with Crippen molar-refractivity contribution in [2.24, 2.45) is 0 Å². The summed E-state index contributed by atoms with van der Waals surface area (Å²) in [5.41, 5.74) is -0.0602. The Morgan fingerprint density at radius 1 is 1.39 bits per heavy atom. The molecule has 0 aromatic heterocycles. The van der Waals surface area contributed by atoms with Crippen molar-refractivity contribution in [3.8, 4) is 5.75 Å². The SMILES string of the molecule is CCN(C(=O)COc1ccc([N+](=O)[O-])cc1)C1CCS(=O)(=O)C1. The topological polar surface area (TPSA) is 107 Å². The lowest BCUT2D eigenvalue weighted by Crippen LogP contribution is -2.43. The highest BCUT2D eigenvalue weighted by molar-refractivity contribution is 7.91. The number of nitro benzene ring substituents is 1. The Morgan fingerprint density at radius 2 is 2.04 bits per heavy atom. The Morgan fingerprint density at radius 3 is 2.52 bits per heavy atom. The first-order valence-corrected chi connectivity index (χ1v) is 9.01. The molecule has 2 rings (SSSR count). The lowest BCUT2D eigenvalue weighted by atomic mass is 10.2. The molecular weight excluding hydrogens is 324 g/mol. The standard InChI is InChI=1S/C14H18N2O6S/c1-2-15(12-7-8-23(20,21)10-12)14(17)9-22-13-5-3-11(4-6-13)16(18)19/h3-6,12H,2,7-10H2,1H3. The average Bonchev–Trinajstić information content (AvgIpc) is 2.86. The number of amides is 1. The van der Waals surface area contributed by atoms with E-state index < -0.39 is 14.8 Å². The molecule has 23 heavy (non-hydrogen) atoms. The molecule has 1 heterocycles. The summed E-state index contributed by atoms with van der Waals surface area (Å²) in [6.45, 7) is 1.96. The van der Waals surface area contributed by atoms with Gasteiger partial charge in [-0.15, -0.1) is 0 Å². The van der Waals surface area contributed by atoms with Crippen molar-refractivity contribution in [2.75, 3.05) is 24.7 Å². The quantitative estimate of drug-likeness (QED) is 0.564. The van der Waals surface area contributed by atoms with E-state index in [0.717, 1.165) is 0 Å². The van der Waals surface area contributed by atoms with E-state index in [4.69, 9.17) is 4.74 Å². The molecule has 8 nitrogen and oxygen atoms in total. The molecule has 1 saturated heterocycles. The first-order valence-electron chi connectivity index (χ1n) is 7.19. The van der Waals surface area contributed by atoms with E-state index >= 15 is 0 Å². The molecule has 1 aromatic carbocycles. The number of hydrogen-bond donors (Lipinski definition) is 0. The maximum atomic E-state index is 12.2. The number of rotatable bonds is 6. The smallest absolute Gasteiger partial charge is 0.269 e. The van der Waals surface area contributed by atoms with Crippen LogP contribution in [0, 0.1) is 10.1 Å². The van der Waals surface area contributed by atoms with Crippen LogP contribution in [0.15, 0.2) is 24.3 Å². The van der Waals surface area contributed by atoms with Gasteiger partial charge in [-0.1, -0.05) is 0 Å². The number of hydrogen-bond acceptors (Lipinski definition) is 6. The van der Waals surface area contributed by atoms with Gasteiger partial charge in [-0.05, 0) is 25.5 Å². The van der Waals surface area contributed by atoms with E-state index in [1.807, 2.05) is 0 Å². The van der Waals surface area contributed by atoms with Gasteiger partial charge < -0.3 is 9.64 Å². The van der Waals surface area contributed by atoms with Gasteiger partial charge in [0.1, 0.15) is 5.75 Å². The Bertz CT molecular complexity index is 686. The van der Waals surface area contributed by atoms with Crippen molar-refractivity contribution >= 4 is 21.4 Å². The van der Waals surface area contributed by atoms with Gasteiger partial charge in [0.2, 0.25) is 0 Å². The number of sulfone groups is 1. The predicted molar refractivity (Wildman–Crippen MR) is 83.0 cm³/mol. The Hall–Kier alpha value is -2.16. The zero-order valence-electron chi connectivity index (χ0n) is 12.7. The number of benzene rings is 1. The minimum atomic E-state index is -3.06. The molecular formula is C14H18N2O6S. The third kappa shape index (κ3) is 4.41. The molecule has 0 bridgehead atoms. The first-order chi connectivity index (χ1) is 10.8. The number of likely N-dealkylation sites (N-methyl/N-ethyl adjacent to an activating group) is 1. The fourth-order valence-electron chi connectivity index (χ4n) is 2.55. The van der Waals surface area contributed by atoms with Crippen LogP contribution in [0.4, 0.5) is 5.69 Å². The molecule has 0 aliphatic carbocycles. The molecule has 0 spiro atoms. The fraction of sp³-hybridized carbons (Fsp3) is 0.500. The van der Waals surface area contributed by atoms with Gasteiger partial charge in [-0.3, -0.25) is 14.9 Å². The summed E-state index contributed by atoms with van der Waals surface area (Å²) in [7, 11) is -3.06. The number of nitro groups is 1. The summed E-state index contributed by atoms with van der Waals surface area (Å²) in [6, 6.07) is 5.11. The van der Waals surface area contributed by atoms with E-state index in [2.05, 4.69) is 0 Å². The van der Waals surface area contributed by atoms with E-state index in [0.29, 0.717) is 18.7 Å². The minimum Gasteiger partial charge on any atom is -0.484 e. The predicted octanol–water partition coefficient (Wildman–Crippen LogP) is 1.01. The Kier molecular flexibility index (Phi) is 5.19. The first kappa shape index (κ1) is 17.2. The number of ether oxygens (including phenoxy) is 1. The second kappa shape index (κ2) is 6.95. The van der Waals surface area contributed by atoms with Crippen LogP contribution in [0.2, 0.25) is 0 Å². The molecule has 1 atom stereocenters. The molecule has 1 aliphatic heterocycles. The molecule has 0 radical (unpaired) electrons. The summed E-state index contributed by atoms with van der Waals surface area (Å²) < 4.78 is 28.4. The van der Waals surface area contributed by atoms with E-state index in [-0.39, 0.29) is 35.7 Å². The van der Waals surface area contributed by atoms with Crippen LogP contribution >= 0.6 is 0 Å². The lowest BCUT2D eigenvalue weighted by molar-refractivity contribution is -0.384. The maximum Gasteiger partial charge on any atom is 0.269 e. The van der Waals surface area contributed by atoms with Gasteiger partial charge in [-0.2, -0.15) is 0 Å². The monoisotopic (exact) mass is 342 g/mol. The normalized spacial score (nSPS) is 19.3. The second-order valence-corrected chi connectivity index (χ2v) is 7.51. The van der Waals surface area contributed by atoms with Gasteiger partial charge in [0, 0.05) is 24.7 Å². The summed E-state index contributed by atoms with van der Waals surface area (Å²) >= 11 is 0. The second-order valence-electron chi connectivity index (χ2n) is 5.28. The third-order valence-electron chi connectivity index (χ3n) is 3.72. The van der Waals surface area contributed by atoms with Crippen LogP contribution < -0.4 is 4.74 Å². The van der Waals surface area contributed by atoms with Crippen molar-refractivity contribution < 1.29 is 22.9 Å². The van der Waals surface area contributed by atoms with Crippen molar-refractivity contribution in [3.63, 3.8) is 0 Å². The van der Waals surface area contributed by atoms with Gasteiger partial charge >= 0.3 is 0 Å². The highest BCUT2D eigenvalue weighted by Gasteiger charge is 2.33. The van der Waals surface area contributed by atoms with E-state index in [1.165, 1.54) is 29.2 Å². The third-order valence-corrected chi connectivity index (χ3v) is 5.47. The molecule has 1 fully saturated rings. The summed E-state index contributed by atoms with van der Waals surface area (Å²) in [5.74, 6) is 0.140. The zero-order valence-corrected chi connectivity index (χ0v) is 13.5. The number of carbonyl (C=O) groups is 1. The molecule has 1 aliphatic rings. The van der Waals surface area contributed by atoms with Crippen LogP contribution in [0.3, 0.4) is 0 Å². The fourth-order valence-corrected chi connectivity index (χ4v) is 4.28. The summed E-state index contributed by atoms with van der Waals surface area (Å²) in [5, 5.41) is 10.6. The van der Waals surface area contributed by atoms with Crippen molar-refractivity contribution in [2.45, 2.75) is 19.4 Å². The molecule has 1 aromatic rings. The number of nitrogens with zero attached hydrogens (tertiary/aromatic N) is 2. The van der Waals surface area contributed by atoms with E-state index in [9.17, 15) is 23.3 Å². The molecule has 0 saturated carbocycles. The van der Waals surface area contributed by atoms with Gasteiger partial charge in [-0.25, -0.2) is 8.42 Å². The maximum absolute atomic E-state index is 12.2. The summed E-state index contributed by atoms with van der Waals surface area (Å²) in [4.78, 5) is 23.8. The van der Waals surface area contributed by atoms with E-state index in [1.54, 1.807) is 6.92 Å². The number of non-ortho nitro benzene ring substituents is 1. The average molecular weight is 342 g/mol. The number of carbonyl (C=O) groups excluding carboxylic acids is 1. The van der Waals surface area contributed by atoms with Gasteiger partial charge in [0.15, 0.2) is 16.4 Å². The van der Waals surface area contributed by atoms with Crippen molar-refractivity contribution in [3.05, 3.63) is 34.4 Å². The highest BCUT2D eigenvalue weighted by atomic mass is 32.2. The molecule has 1 unspecified atom stereocenters. The van der Waals surface area contributed by atoms with Gasteiger partial charge in [0.25, 0.3) is 11.6 Å². The van der Waals surface area contributed by atoms with Crippen LogP contribution in [0.25, 0.3) is 0 Å². The largest absolute Gasteiger partial charge is 0.484 e. The lowest BCUT2D eigenvalue weighted by Gasteiger charge is -2.26. The van der Waals surface area contributed by atoms with Crippen molar-refractivity contribution in [1.82, 2.24) is 4.90 Å². The molecule has 9 heteroatoms.